The number of carbonyl (C=O) groups excluding carboxylic acids is 1. The summed E-state index contributed by atoms with van der Waals surface area (Å²) in [5.74, 6) is 1.47. The Hall–Kier alpha value is -1.75. The lowest BCUT2D eigenvalue weighted by Crippen LogP contribution is -2.35. The summed E-state index contributed by atoms with van der Waals surface area (Å²) in [6, 6.07) is 5.68. The van der Waals surface area contributed by atoms with Crippen LogP contribution >= 0.6 is 0 Å². The van der Waals surface area contributed by atoms with Crippen LogP contribution in [0.15, 0.2) is 18.2 Å². The molecule has 5 nitrogen and oxygen atoms in total. The molecule has 2 heterocycles. The van der Waals surface area contributed by atoms with Gasteiger partial charge in [0.15, 0.2) is 11.5 Å². The van der Waals surface area contributed by atoms with Crippen LogP contribution in [-0.2, 0) is 9.53 Å². The van der Waals surface area contributed by atoms with Crippen molar-refractivity contribution in [2.24, 2.45) is 0 Å². The molecule has 2 unspecified atom stereocenters. The predicted octanol–water partition coefficient (Wildman–Crippen LogP) is 1.81. The number of carbonyl (C=O) groups is 1. The molecular weight excluding hydrogens is 258 g/mol. The summed E-state index contributed by atoms with van der Waals surface area (Å²) in [7, 11) is 0. The zero-order chi connectivity index (χ0) is 13.9. The van der Waals surface area contributed by atoms with E-state index in [1.54, 1.807) is 0 Å². The number of amides is 1. The molecule has 1 saturated heterocycles. The van der Waals surface area contributed by atoms with Gasteiger partial charge in [0.2, 0.25) is 5.91 Å². The molecule has 20 heavy (non-hydrogen) atoms. The van der Waals surface area contributed by atoms with Crippen molar-refractivity contribution in [3.05, 3.63) is 23.8 Å². The molecule has 108 valence electrons. The molecule has 1 amide bonds. The SMILES string of the molecule is CC(NC(=O)C1CCCO1)c1ccc2c(c1)OCCO2. The second-order valence-electron chi connectivity index (χ2n) is 5.14. The molecule has 3 rings (SSSR count). The number of rotatable bonds is 3. The van der Waals surface area contributed by atoms with Crippen molar-refractivity contribution in [2.75, 3.05) is 19.8 Å². The van der Waals surface area contributed by atoms with Gasteiger partial charge in [0.25, 0.3) is 0 Å². The van der Waals surface area contributed by atoms with E-state index in [4.69, 9.17) is 14.2 Å². The maximum Gasteiger partial charge on any atom is 0.249 e. The van der Waals surface area contributed by atoms with Gasteiger partial charge in [-0.1, -0.05) is 6.07 Å². The average molecular weight is 277 g/mol. The minimum atomic E-state index is -0.297. The van der Waals surface area contributed by atoms with Crippen LogP contribution in [-0.4, -0.2) is 31.8 Å². The Morgan fingerprint density at radius 1 is 1.25 bits per heavy atom. The Bertz CT molecular complexity index is 497. The van der Waals surface area contributed by atoms with Gasteiger partial charge >= 0.3 is 0 Å². The number of hydrogen-bond donors (Lipinski definition) is 1. The summed E-state index contributed by atoms with van der Waals surface area (Å²) in [6.45, 7) is 3.78. The van der Waals surface area contributed by atoms with E-state index in [2.05, 4.69) is 5.32 Å². The fraction of sp³-hybridized carbons (Fsp3) is 0.533. The van der Waals surface area contributed by atoms with E-state index in [0.29, 0.717) is 19.8 Å². The normalized spacial score (nSPS) is 22.4. The van der Waals surface area contributed by atoms with Crippen LogP contribution in [0.25, 0.3) is 0 Å². The summed E-state index contributed by atoms with van der Waals surface area (Å²) in [4.78, 5) is 12.0. The van der Waals surface area contributed by atoms with Crippen LogP contribution in [0, 0.1) is 0 Å². The minimum absolute atomic E-state index is 0.0371. The zero-order valence-electron chi connectivity index (χ0n) is 11.6. The zero-order valence-corrected chi connectivity index (χ0v) is 11.6. The fourth-order valence-electron chi connectivity index (χ4n) is 2.50. The van der Waals surface area contributed by atoms with Crippen LogP contribution in [0.3, 0.4) is 0 Å². The lowest BCUT2D eigenvalue weighted by atomic mass is 10.1. The van der Waals surface area contributed by atoms with E-state index in [1.165, 1.54) is 0 Å². The van der Waals surface area contributed by atoms with Gasteiger partial charge in [-0.05, 0) is 37.5 Å². The van der Waals surface area contributed by atoms with Crippen LogP contribution < -0.4 is 14.8 Å². The number of benzene rings is 1. The molecule has 1 aromatic carbocycles. The molecule has 0 bridgehead atoms. The van der Waals surface area contributed by atoms with Gasteiger partial charge in [-0.2, -0.15) is 0 Å². The number of nitrogens with one attached hydrogen (secondary N) is 1. The Morgan fingerprint density at radius 3 is 2.80 bits per heavy atom. The second-order valence-corrected chi connectivity index (χ2v) is 5.14. The topological polar surface area (TPSA) is 56.8 Å². The first-order valence-corrected chi connectivity index (χ1v) is 7.05. The van der Waals surface area contributed by atoms with Crippen molar-refractivity contribution in [3.8, 4) is 11.5 Å². The van der Waals surface area contributed by atoms with Crippen molar-refractivity contribution >= 4 is 5.91 Å². The maximum absolute atomic E-state index is 12.0. The second kappa shape index (κ2) is 5.71. The van der Waals surface area contributed by atoms with Crippen LogP contribution in [0.4, 0.5) is 0 Å². The van der Waals surface area contributed by atoms with E-state index in [9.17, 15) is 4.79 Å². The van der Waals surface area contributed by atoms with Crippen molar-refractivity contribution < 1.29 is 19.0 Å². The summed E-state index contributed by atoms with van der Waals surface area (Å²) in [5.41, 5.74) is 1.00. The number of fused-ring (bicyclic) bond motifs is 1. The van der Waals surface area contributed by atoms with Gasteiger partial charge in [-0.25, -0.2) is 0 Å². The first kappa shape index (κ1) is 13.2. The smallest absolute Gasteiger partial charge is 0.249 e. The fourth-order valence-corrected chi connectivity index (χ4v) is 2.50. The Kier molecular flexibility index (Phi) is 3.78. The highest BCUT2D eigenvalue weighted by molar-refractivity contribution is 5.81. The minimum Gasteiger partial charge on any atom is -0.486 e. The quantitative estimate of drug-likeness (QED) is 0.915. The van der Waals surface area contributed by atoms with E-state index >= 15 is 0 Å². The first-order valence-electron chi connectivity index (χ1n) is 7.05. The van der Waals surface area contributed by atoms with E-state index < -0.39 is 0 Å². The van der Waals surface area contributed by atoms with Gasteiger partial charge in [-0.3, -0.25) is 4.79 Å². The van der Waals surface area contributed by atoms with Gasteiger partial charge < -0.3 is 19.5 Å². The molecule has 0 spiro atoms. The maximum atomic E-state index is 12.0. The summed E-state index contributed by atoms with van der Waals surface area (Å²) >= 11 is 0. The monoisotopic (exact) mass is 277 g/mol. The van der Waals surface area contributed by atoms with E-state index in [-0.39, 0.29) is 18.1 Å². The molecule has 0 saturated carbocycles. The molecule has 0 aliphatic carbocycles. The molecular formula is C15H19NO4. The third-order valence-corrected chi connectivity index (χ3v) is 3.65. The highest BCUT2D eigenvalue weighted by Gasteiger charge is 2.25. The van der Waals surface area contributed by atoms with Gasteiger partial charge in [0.05, 0.1) is 6.04 Å². The third-order valence-electron chi connectivity index (χ3n) is 3.65. The Balaban J connectivity index is 1.67. The predicted molar refractivity (Wildman–Crippen MR) is 73.0 cm³/mol. The van der Waals surface area contributed by atoms with E-state index in [1.807, 2.05) is 25.1 Å². The third kappa shape index (κ3) is 2.72. The molecule has 1 fully saturated rings. The van der Waals surface area contributed by atoms with Crippen molar-refractivity contribution in [3.63, 3.8) is 0 Å². The first-order chi connectivity index (χ1) is 9.74. The van der Waals surface area contributed by atoms with Crippen LogP contribution in [0.5, 0.6) is 11.5 Å². The van der Waals surface area contributed by atoms with Crippen molar-refractivity contribution in [1.82, 2.24) is 5.32 Å². The lowest BCUT2D eigenvalue weighted by Gasteiger charge is -2.21. The molecule has 0 radical (unpaired) electrons. The molecule has 0 aromatic heterocycles. The van der Waals surface area contributed by atoms with Crippen LogP contribution in [0.2, 0.25) is 0 Å². The van der Waals surface area contributed by atoms with Crippen molar-refractivity contribution in [1.29, 1.82) is 0 Å². The summed E-state index contributed by atoms with van der Waals surface area (Å²) in [5, 5.41) is 2.98. The summed E-state index contributed by atoms with van der Waals surface area (Å²) in [6.07, 6.45) is 1.46. The summed E-state index contributed by atoms with van der Waals surface area (Å²) < 4.78 is 16.4. The lowest BCUT2D eigenvalue weighted by molar-refractivity contribution is -0.130. The molecule has 2 aliphatic rings. The average Bonchev–Trinajstić information content (AvgIpc) is 3.01. The standard InChI is InChI=1S/C15H19NO4/c1-10(16-15(17)13-3-2-6-18-13)11-4-5-12-14(9-11)20-8-7-19-12/h4-5,9-10,13H,2-3,6-8H2,1H3,(H,16,17). The van der Waals surface area contributed by atoms with Gasteiger partial charge in [0, 0.05) is 6.61 Å². The molecule has 2 atom stereocenters. The molecule has 5 heteroatoms. The Morgan fingerprint density at radius 2 is 2.05 bits per heavy atom. The Labute approximate surface area is 118 Å². The largest absolute Gasteiger partial charge is 0.486 e. The molecule has 2 aliphatic heterocycles. The van der Waals surface area contributed by atoms with Crippen molar-refractivity contribution in [2.45, 2.75) is 31.9 Å². The van der Waals surface area contributed by atoms with Crippen LogP contribution in [0.1, 0.15) is 31.4 Å². The number of ether oxygens (including phenoxy) is 3. The highest BCUT2D eigenvalue weighted by atomic mass is 16.6. The van der Waals surface area contributed by atoms with Gasteiger partial charge in [-0.15, -0.1) is 0 Å². The molecule has 1 N–H and O–H groups in total. The molecule has 1 aromatic rings. The van der Waals surface area contributed by atoms with E-state index in [0.717, 1.165) is 29.9 Å². The number of hydrogen-bond acceptors (Lipinski definition) is 4. The van der Waals surface area contributed by atoms with Gasteiger partial charge in [0.1, 0.15) is 19.3 Å². The highest BCUT2D eigenvalue weighted by Crippen LogP contribution is 2.32.